The minimum Gasteiger partial charge on any atom is -0.363 e. The van der Waals surface area contributed by atoms with Gasteiger partial charge in [-0.15, -0.1) is 0 Å². The lowest BCUT2D eigenvalue weighted by atomic mass is 9.88. The number of hydrogen-bond acceptors (Lipinski definition) is 3. The van der Waals surface area contributed by atoms with Gasteiger partial charge in [0.05, 0.1) is 11.4 Å². The number of aryl methyl sites for hydroxylation is 1. The Bertz CT molecular complexity index is 796. The zero-order valence-electron chi connectivity index (χ0n) is 11.4. The highest BCUT2D eigenvalue weighted by Crippen LogP contribution is 2.33. The maximum atomic E-state index is 13.4. The van der Waals surface area contributed by atoms with Crippen molar-refractivity contribution in [1.29, 1.82) is 0 Å². The van der Waals surface area contributed by atoms with Crippen LogP contribution in [0.4, 0.5) is 10.2 Å². The highest BCUT2D eigenvalue weighted by Gasteiger charge is 2.21. The van der Waals surface area contributed by atoms with Gasteiger partial charge in [0.25, 0.3) is 0 Å². The molecular formula is C16H15FN4. The number of fused-ring (bicyclic) bond motifs is 2. The Hall–Kier alpha value is -2.43. The average molecular weight is 282 g/mol. The van der Waals surface area contributed by atoms with Gasteiger partial charge in [0.15, 0.2) is 5.95 Å². The van der Waals surface area contributed by atoms with Crippen LogP contribution >= 0.6 is 0 Å². The fourth-order valence-corrected chi connectivity index (χ4v) is 3.09. The number of aromatic nitrogens is 3. The van der Waals surface area contributed by atoms with E-state index < -0.39 is 5.95 Å². The van der Waals surface area contributed by atoms with E-state index in [0.717, 1.165) is 19.3 Å². The zero-order chi connectivity index (χ0) is 14.2. The topological polar surface area (TPSA) is 53.6 Å². The summed E-state index contributed by atoms with van der Waals surface area (Å²) >= 11 is 0. The third-order valence-electron chi connectivity index (χ3n) is 4.07. The molecule has 106 valence electrons. The van der Waals surface area contributed by atoms with E-state index in [9.17, 15) is 4.39 Å². The van der Waals surface area contributed by atoms with Gasteiger partial charge < -0.3 is 10.3 Å². The molecule has 4 nitrogen and oxygen atoms in total. The fourth-order valence-electron chi connectivity index (χ4n) is 3.09. The number of hydrogen-bond donors (Lipinski definition) is 2. The number of H-pyrrole nitrogens is 1. The molecule has 0 aliphatic heterocycles. The summed E-state index contributed by atoms with van der Waals surface area (Å²) in [7, 11) is 0. The quantitative estimate of drug-likeness (QED) is 0.755. The number of nitrogens with zero attached hydrogens (tertiary/aromatic N) is 2. The first-order chi connectivity index (χ1) is 10.3. The molecule has 2 heterocycles. The van der Waals surface area contributed by atoms with Crippen molar-refractivity contribution in [3.05, 3.63) is 53.7 Å². The molecule has 3 aromatic rings. The lowest BCUT2D eigenvalue weighted by Gasteiger charge is -2.26. The van der Waals surface area contributed by atoms with Gasteiger partial charge in [0, 0.05) is 6.07 Å². The molecule has 0 saturated carbocycles. The molecule has 1 aliphatic carbocycles. The lowest BCUT2D eigenvalue weighted by Crippen LogP contribution is -2.18. The largest absolute Gasteiger partial charge is 0.363 e. The third-order valence-corrected chi connectivity index (χ3v) is 4.07. The molecular weight excluding hydrogens is 267 g/mol. The van der Waals surface area contributed by atoms with Crippen molar-refractivity contribution in [1.82, 2.24) is 15.0 Å². The third kappa shape index (κ3) is 2.14. The Labute approximate surface area is 121 Å². The second-order valence-corrected chi connectivity index (χ2v) is 5.39. The molecule has 4 rings (SSSR count). The van der Waals surface area contributed by atoms with Crippen LogP contribution in [0.15, 0.2) is 36.7 Å². The molecule has 0 bridgehead atoms. The maximum Gasteiger partial charge on any atom is 0.193 e. The number of nitrogens with one attached hydrogen (secondary N) is 2. The summed E-state index contributed by atoms with van der Waals surface area (Å²) in [5.41, 5.74) is 3.22. The molecule has 1 aromatic carbocycles. The Morgan fingerprint density at radius 1 is 1.24 bits per heavy atom. The van der Waals surface area contributed by atoms with Crippen LogP contribution in [0.3, 0.4) is 0 Å². The van der Waals surface area contributed by atoms with Crippen molar-refractivity contribution in [3.8, 4) is 0 Å². The molecule has 0 amide bonds. The van der Waals surface area contributed by atoms with Gasteiger partial charge >= 0.3 is 0 Å². The van der Waals surface area contributed by atoms with Crippen LogP contribution in [0.25, 0.3) is 11.0 Å². The van der Waals surface area contributed by atoms with Crippen molar-refractivity contribution in [2.45, 2.75) is 25.3 Å². The van der Waals surface area contributed by atoms with Gasteiger partial charge in [-0.3, -0.25) is 0 Å². The minimum absolute atomic E-state index is 0.214. The molecule has 0 fully saturated rings. The summed E-state index contributed by atoms with van der Waals surface area (Å²) in [5, 5.41) is 4.15. The average Bonchev–Trinajstić information content (AvgIpc) is 2.89. The highest BCUT2D eigenvalue weighted by molar-refractivity contribution is 5.87. The zero-order valence-corrected chi connectivity index (χ0v) is 11.4. The first kappa shape index (κ1) is 12.3. The summed E-state index contributed by atoms with van der Waals surface area (Å²) in [4.78, 5) is 10.9. The Kier molecular flexibility index (Phi) is 2.84. The Morgan fingerprint density at radius 3 is 3.10 bits per heavy atom. The van der Waals surface area contributed by atoms with Crippen LogP contribution in [0, 0.1) is 5.95 Å². The van der Waals surface area contributed by atoms with Crippen LogP contribution in [0.5, 0.6) is 0 Å². The van der Waals surface area contributed by atoms with Crippen molar-refractivity contribution in [2.24, 2.45) is 0 Å². The second kappa shape index (κ2) is 4.84. The van der Waals surface area contributed by atoms with Crippen molar-refractivity contribution in [3.63, 3.8) is 0 Å². The molecule has 0 saturated heterocycles. The van der Waals surface area contributed by atoms with E-state index in [1.165, 1.54) is 23.5 Å². The van der Waals surface area contributed by atoms with Crippen molar-refractivity contribution >= 4 is 16.9 Å². The van der Waals surface area contributed by atoms with E-state index in [1.54, 1.807) is 0 Å². The van der Waals surface area contributed by atoms with Gasteiger partial charge in [0.2, 0.25) is 0 Å². The summed E-state index contributed by atoms with van der Waals surface area (Å²) in [6.07, 6.45) is 4.77. The van der Waals surface area contributed by atoms with Gasteiger partial charge in [-0.1, -0.05) is 24.3 Å². The number of halogens is 1. The summed E-state index contributed by atoms with van der Waals surface area (Å²) in [6.45, 7) is 0. The summed E-state index contributed by atoms with van der Waals surface area (Å²) in [5.74, 6) is 0.291. The lowest BCUT2D eigenvalue weighted by molar-refractivity contribution is 0.594. The van der Waals surface area contributed by atoms with Crippen LogP contribution in [0.2, 0.25) is 0 Å². The fraction of sp³-hybridized carbons (Fsp3) is 0.250. The first-order valence-corrected chi connectivity index (χ1v) is 7.15. The summed E-state index contributed by atoms with van der Waals surface area (Å²) in [6, 6.07) is 10.1. The molecule has 0 unspecified atom stereocenters. The van der Waals surface area contributed by atoms with E-state index in [0.29, 0.717) is 16.9 Å². The van der Waals surface area contributed by atoms with Crippen LogP contribution < -0.4 is 5.32 Å². The van der Waals surface area contributed by atoms with Gasteiger partial charge in [-0.2, -0.15) is 4.39 Å². The minimum atomic E-state index is -0.391. The SMILES string of the molecule is Fc1cc2c(N[C@@H]3CCCc4ccccc43)ncnc2[nH]1. The molecule has 21 heavy (non-hydrogen) atoms. The Morgan fingerprint density at radius 2 is 2.14 bits per heavy atom. The van der Waals surface area contributed by atoms with Crippen molar-refractivity contribution < 1.29 is 4.39 Å². The monoisotopic (exact) mass is 282 g/mol. The normalized spacial score (nSPS) is 17.7. The van der Waals surface area contributed by atoms with Crippen LogP contribution in [-0.4, -0.2) is 15.0 Å². The molecule has 5 heteroatoms. The van der Waals surface area contributed by atoms with Gasteiger partial charge in [0.1, 0.15) is 17.8 Å². The number of benzene rings is 1. The number of aromatic amines is 1. The molecule has 2 aromatic heterocycles. The van der Waals surface area contributed by atoms with Gasteiger partial charge in [-0.25, -0.2) is 9.97 Å². The molecule has 0 spiro atoms. The number of anilines is 1. The molecule has 1 atom stereocenters. The van der Waals surface area contributed by atoms with Crippen molar-refractivity contribution in [2.75, 3.05) is 5.32 Å². The molecule has 2 N–H and O–H groups in total. The Balaban J connectivity index is 1.73. The molecule has 0 radical (unpaired) electrons. The summed E-state index contributed by atoms with van der Waals surface area (Å²) < 4.78 is 13.4. The van der Waals surface area contributed by atoms with E-state index in [-0.39, 0.29) is 6.04 Å². The second-order valence-electron chi connectivity index (χ2n) is 5.39. The van der Waals surface area contributed by atoms with E-state index >= 15 is 0 Å². The predicted molar refractivity (Wildman–Crippen MR) is 79.6 cm³/mol. The molecule has 1 aliphatic rings. The van der Waals surface area contributed by atoms with Gasteiger partial charge in [-0.05, 0) is 30.4 Å². The predicted octanol–water partition coefficient (Wildman–Crippen LogP) is 3.59. The number of rotatable bonds is 2. The smallest absolute Gasteiger partial charge is 0.193 e. The van der Waals surface area contributed by atoms with Crippen LogP contribution in [-0.2, 0) is 6.42 Å². The standard InChI is InChI=1S/C16H15FN4/c17-14-8-12-15(18-9-19-16(12)21-14)20-13-7-3-5-10-4-1-2-6-11(10)13/h1-2,4,6,8-9,13H,3,5,7H2,(H2,18,19,20,21)/t13-/m1/s1. The van der Waals surface area contributed by atoms with E-state index in [1.807, 2.05) is 0 Å². The van der Waals surface area contributed by atoms with E-state index in [4.69, 9.17) is 0 Å². The maximum absolute atomic E-state index is 13.4. The van der Waals surface area contributed by atoms with E-state index in [2.05, 4.69) is 44.5 Å². The van der Waals surface area contributed by atoms with Crippen LogP contribution in [0.1, 0.15) is 30.0 Å². The first-order valence-electron chi connectivity index (χ1n) is 7.15. The highest BCUT2D eigenvalue weighted by atomic mass is 19.1.